The molecule has 0 saturated carbocycles. The number of nitrogens with one attached hydrogen (secondary N) is 2. The predicted molar refractivity (Wildman–Crippen MR) is 132 cm³/mol. The van der Waals surface area contributed by atoms with Crippen molar-refractivity contribution in [2.75, 3.05) is 12.4 Å². The van der Waals surface area contributed by atoms with Crippen LogP contribution in [0.25, 0.3) is 0 Å². The summed E-state index contributed by atoms with van der Waals surface area (Å²) in [4.78, 5) is 24.0. The van der Waals surface area contributed by atoms with Gasteiger partial charge in [-0.25, -0.2) is 9.82 Å². The van der Waals surface area contributed by atoms with E-state index in [2.05, 4.69) is 31.8 Å². The highest BCUT2D eigenvalue weighted by Gasteiger charge is 2.15. The Labute approximate surface area is 213 Å². The maximum Gasteiger partial charge on any atom is 0.329 e. The van der Waals surface area contributed by atoms with E-state index >= 15 is 0 Å². The van der Waals surface area contributed by atoms with Crippen molar-refractivity contribution in [2.45, 2.75) is 6.61 Å². The lowest BCUT2D eigenvalue weighted by molar-refractivity contribution is -0.136. The number of benzene rings is 3. The summed E-state index contributed by atoms with van der Waals surface area (Å²) in [6, 6.07) is 15.5. The second kappa shape index (κ2) is 12.0. The van der Waals surface area contributed by atoms with Crippen LogP contribution in [0.5, 0.6) is 11.5 Å². The van der Waals surface area contributed by atoms with Crippen molar-refractivity contribution in [1.82, 2.24) is 5.43 Å². The molecule has 8 nitrogen and oxygen atoms in total. The zero-order chi connectivity index (χ0) is 25.4. The number of amides is 2. The van der Waals surface area contributed by atoms with Gasteiger partial charge in [-0.3, -0.25) is 9.59 Å². The standard InChI is InChI=1S/C24H17BrClFN4O4/c1-34-21-10-15(9-18(25)22(21)35-13-17-19(26)3-2-4-20(17)27)12-29-31-24(33)23(32)30-16-7-5-14(11-28)6-8-16/h2-10,12H,13H2,1H3,(H,30,32)(H,31,33)/b29-12+. The van der Waals surface area contributed by atoms with Crippen molar-refractivity contribution >= 4 is 51.2 Å². The minimum atomic E-state index is -0.988. The molecule has 0 saturated heterocycles. The number of rotatable bonds is 7. The van der Waals surface area contributed by atoms with Gasteiger partial charge in [0, 0.05) is 11.3 Å². The summed E-state index contributed by atoms with van der Waals surface area (Å²) in [6.45, 7) is -0.127. The average molecular weight is 560 g/mol. The lowest BCUT2D eigenvalue weighted by Crippen LogP contribution is -2.32. The average Bonchev–Trinajstić information content (AvgIpc) is 2.84. The van der Waals surface area contributed by atoms with Gasteiger partial charge >= 0.3 is 11.8 Å². The number of nitriles is 1. The molecular weight excluding hydrogens is 543 g/mol. The summed E-state index contributed by atoms with van der Waals surface area (Å²) < 4.78 is 25.6. The first-order chi connectivity index (χ1) is 16.8. The number of anilines is 1. The molecule has 0 heterocycles. The summed E-state index contributed by atoms with van der Waals surface area (Å²) in [5.74, 6) is -1.78. The highest BCUT2D eigenvalue weighted by molar-refractivity contribution is 9.10. The zero-order valence-electron chi connectivity index (χ0n) is 18.1. The molecule has 3 aromatic carbocycles. The van der Waals surface area contributed by atoms with Crippen LogP contribution in [0.2, 0.25) is 5.02 Å². The number of hydrogen-bond donors (Lipinski definition) is 2. The smallest absolute Gasteiger partial charge is 0.329 e. The number of methoxy groups -OCH3 is 1. The van der Waals surface area contributed by atoms with Gasteiger partial charge in [0.1, 0.15) is 12.4 Å². The normalized spacial score (nSPS) is 10.5. The first kappa shape index (κ1) is 25.7. The number of carbonyl (C=O) groups excluding carboxylic acids is 2. The molecule has 0 unspecified atom stereocenters. The molecule has 11 heteroatoms. The van der Waals surface area contributed by atoms with Crippen LogP contribution in [0.4, 0.5) is 10.1 Å². The van der Waals surface area contributed by atoms with Gasteiger partial charge in [0.05, 0.1) is 34.5 Å². The summed E-state index contributed by atoms with van der Waals surface area (Å²) in [6.07, 6.45) is 1.30. The Morgan fingerprint density at radius 3 is 2.60 bits per heavy atom. The van der Waals surface area contributed by atoms with E-state index < -0.39 is 17.6 Å². The van der Waals surface area contributed by atoms with E-state index in [1.54, 1.807) is 18.2 Å². The zero-order valence-corrected chi connectivity index (χ0v) is 20.5. The molecule has 0 radical (unpaired) electrons. The fraction of sp³-hybridized carbons (Fsp3) is 0.0833. The number of carbonyl (C=O) groups is 2. The Morgan fingerprint density at radius 2 is 1.94 bits per heavy atom. The Hall–Kier alpha value is -3.94. The third kappa shape index (κ3) is 6.79. The molecule has 0 spiro atoms. The van der Waals surface area contributed by atoms with Crippen LogP contribution in [0, 0.1) is 17.1 Å². The SMILES string of the molecule is COc1cc(/C=N/NC(=O)C(=O)Nc2ccc(C#N)cc2)cc(Br)c1OCc1c(F)cccc1Cl. The van der Waals surface area contributed by atoms with E-state index in [-0.39, 0.29) is 17.2 Å². The second-order valence-electron chi connectivity index (χ2n) is 6.87. The Kier molecular flexibility index (Phi) is 8.78. The first-order valence-corrected chi connectivity index (χ1v) is 11.1. The summed E-state index contributed by atoms with van der Waals surface area (Å²) in [5.41, 5.74) is 3.62. The van der Waals surface area contributed by atoms with Crippen LogP contribution in [0.15, 0.2) is 64.2 Å². The van der Waals surface area contributed by atoms with Crippen LogP contribution in [0.1, 0.15) is 16.7 Å². The number of halogens is 3. The number of ether oxygens (including phenoxy) is 2. The molecule has 0 aromatic heterocycles. The van der Waals surface area contributed by atoms with Gasteiger partial charge in [0.25, 0.3) is 0 Å². The van der Waals surface area contributed by atoms with Crippen LogP contribution in [-0.4, -0.2) is 25.1 Å². The van der Waals surface area contributed by atoms with Gasteiger partial charge in [-0.05, 0) is 70.0 Å². The molecule has 0 aliphatic rings. The van der Waals surface area contributed by atoms with Crippen LogP contribution in [0.3, 0.4) is 0 Å². The third-order valence-electron chi connectivity index (χ3n) is 4.53. The molecule has 178 valence electrons. The van der Waals surface area contributed by atoms with E-state index in [0.29, 0.717) is 32.8 Å². The summed E-state index contributed by atoms with van der Waals surface area (Å²) in [5, 5.41) is 15.2. The lowest BCUT2D eigenvalue weighted by atomic mass is 10.2. The molecule has 0 atom stereocenters. The van der Waals surface area contributed by atoms with Crippen molar-refractivity contribution in [3.05, 3.63) is 86.6 Å². The van der Waals surface area contributed by atoms with Crippen molar-refractivity contribution in [3.63, 3.8) is 0 Å². The Balaban J connectivity index is 1.64. The highest BCUT2D eigenvalue weighted by Crippen LogP contribution is 2.37. The topological polar surface area (TPSA) is 113 Å². The maximum absolute atomic E-state index is 14.0. The van der Waals surface area contributed by atoms with E-state index in [1.807, 2.05) is 6.07 Å². The number of hydrazone groups is 1. The lowest BCUT2D eigenvalue weighted by Gasteiger charge is -2.14. The Morgan fingerprint density at radius 1 is 1.20 bits per heavy atom. The Bertz CT molecular complexity index is 1310. The van der Waals surface area contributed by atoms with Crippen LogP contribution >= 0.6 is 27.5 Å². The predicted octanol–water partition coefficient (Wildman–Crippen LogP) is 4.79. The largest absolute Gasteiger partial charge is 0.493 e. The molecule has 0 bridgehead atoms. The van der Waals surface area contributed by atoms with Crippen molar-refractivity contribution in [1.29, 1.82) is 5.26 Å². The molecule has 2 N–H and O–H groups in total. The molecule has 35 heavy (non-hydrogen) atoms. The van der Waals surface area contributed by atoms with Gasteiger partial charge in [0.15, 0.2) is 11.5 Å². The fourth-order valence-corrected chi connectivity index (χ4v) is 3.59. The van der Waals surface area contributed by atoms with Crippen LogP contribution < -0.4 is 20.2 Å². The van der Waals surface area contributed by atoms with Gasteiger partial charge in [-0.2, -0.15) is 10.4 Å². The van der Waals surface area contributed by atoms with E-state index in [9.17, 15) is 14.0 Å². The second-order valence-corrected chi connectivity index (χ2v) is 8.13. The molecule has 3 rings (SSSR count). The molecule has 2 amide bonds. The molecule has 0 aliphatic carbocycles. The number of nitrogens with zero attached hydrogens (tertiary/aromatic N) is 2. The number of hydrogen-bond acceptors (Lipinski definition) is 6. The quantitative estimate of drug-likeness (QED) is 0.246. The van der Waals surface area contributed by atoms with Crippen LogP contribution in [-0.2, 0) is 16.2 Å². The van der Waals surface area contributed by atoms with E-state index in [0.717, 1.165) is 0 Å². The van der Waals surface area contributed by atoms with Gasteiger partial charge in [-0.1, -0.05) is 17.7 Å². The fourth-order valence-electron chi connectivity index (χ4n) is 2.80. The minimum absolute atomic E-state index is 0.127. The highest BCUT2D eigenvalue weighted by atomic mass is 79.9. The summed E-state index contributed by atoms with van der Waals surface area (Å²) in [7, 11) is 1.43. The van der Waals surface area contributed by atoms with E-state index in [4.69, 9.17) is 26.3 Å². The van der Waals surface area contributed by atoms with Crippen molar-refractivity contribution < 1.29 is 23.5 Å². The molecular formula is C24H17BrClFN4O4. The first-order valence-electron chi connectivity index (χ1n) is 9.90. The molecule has 0 aliphatic heterocycles. The van der Waals surface area contributed by atoms with Gasteiger partial charge in [0.2, 0.25) is 0 Å². The maximum atomic E-state index is 14.0. The molecule has 3 aromatic rings. The van der Waals surface area contributed by atoms with Crippen molar-refractivity contribution in [2.24, 2.45) is 5.10 Å². The molecule has 0 fully saturated rings. The minimum Gasteiger partial charge on any atom is -0.493 e. The monoisotopic (exact) mass is 558 g/mol. The van der Waals surface area contributed by atoms with Gasteiger partial charge < -0.3 is 14.8 Å². The third-order valence-corrected chi connectivity index (χ3v) is 5.48. The van der Waals surface area contributed by atoms with E-state index in [1.165, 1.54) is 49.7 Å². The van der Waals surface area contributed by atoms with Crippen molar-refractivity contribution in [3.8, 4) is 17.6 Å². The van der Waals surface area contributed by atoms with Gasteiger partial charge in [-0.15, -0.1) is 0 Å². The summed E-state index contributed by atoms with van der Waals surface area (Å²) >= 11 is 9.42.